The normalized spacial score (nSPS) is 18.9. The Hall–Kier alpha value is -1.36. The summed E-state index contributed by atoms with van der Waals surface area (Å²) in [5.74, 6) is -0.792. The van der Waals surface area contributed by atoms with Crippen molar-refractivity contribution >= 4 is 23.2 Å². The number of amides is 1. The molecule has 1 heterocycles. The zero-order chi connectivity index (χ0) is 15.3. The Morgan fingerprint density at radius 2 is 2.10 bits per heavy atom. The molecular weight excluding hydrogens is 286 g/mol. The van der Waals surface area contributed by atoms with Crippen molar-refractivity contribution < 1.29 is 14.7 Å². The lowest BCUT2D eigenvalue weighted by molar-refractivity contribution is -0.138. The molecule has 1 amide bonds. The minimum atomic E-state index is -0.817. The van der Waals surface area contributed by atoms with Gasteiger partial charge in [0.15, 0.2) is 0 Å². The molecule has 2 rings (SSSR count). The van der Waals surface area contributed by atoms with Gasteiger partial charge in [-0.25, -0.2) is 0 Å². The first-order chi connectivity index (χ1) is 10.0. The van der Waals surface area contributed by atoms with Gasteiger partial charge in [0.1, 0.15) is 0 Å². The van der Waals surface area contributed by atoms with E-state index in [0.29, 0.717) is 6.54 Å². The highest BCUT2D eigenvalue weighted by atomic mass is 32.1. The second kappa shape index (κ2) is 7.07. The molecule has 1 aromatic rings. The van der Waals surface area contributed by atoms with Crippen LogP contribution in [0.5, 0.6) is 0 Å². The van der Waals surface area contributed by atoms with Crippen LogP contribution in [-0.4, -0.2) is 23.5 Å². The monoisotopic (exact) mass is 309 g/mol. The van der Waals surface area contributed by atoms with E-state index in [1.807, 2.05) is 18.4 Å². The summed E-state index contributed by atoms with van der Waals surface area (Å²) in [5, 5.41) is 13.8. The summed E-state index contributed by atoms with van der Waals surface area (Å²) in [6.07, 6.45) is 5.23. The highest BCUT2D eigenvalue weighted by molar-refractivity contribution is 7.10. The van der Waals surface area contributed by atoms with Crippen molar-refractivity contribution in [3.05, 3.63) is 22.4 Å². The van der Waals surface area contributed by atoms with Crippen LogP contribution in [0.1, 0.15) is 50.3 Å². The summed E-state index contributed by atoms with van der Waals surface area (Å²) < 4.78 is 0. The highest BCUT2D eigenvalue weighted by Gasteiger charge is 2.41. The van der Waals surface area contributed by atoms with Crippen LogP contribution in [0.15, 0.2) is 17.5 Å². The average Bonchev–Trinajstić information content (AvgIpc) is 2.99. The van der Waals surface area contributed by atoms with Crippen LogP contribution >= 0.6 is 11.3 Å². The fourth-order valence-corrected chi connectivity index (χ4v) is 4.08. The molecule has 1 aliphatic rings. The van der Waals surface area contributed by atoms with Gasteiger partial charge in [0.2, 0.25) is 5.91 Å². The van der Waals surface area contributed by atoms with Gasteiger partial charge < -0.3 is 10.4 Å². The molecule has 1 aromatic heterocycles. The van der Waals surface area contributed by atoms with Gasteiger partial charge >= 0.3 is 5.97 Å². The van der Waals surface area contributed by atoms with E-state index in [9.17, 15) is 9.59 Å². The first kappa shape index (κ1) is 16.0. The van der Waals surface area contributed by atoms with E-state index >= 15 is 0 Å². The van der Waals surface area contributed by atoms with Crippen LogP contribution in [0.4, 0.5) is 0 Å². The lowest BCUT2D eigenvalue weighted by atomic mass is 9.72. The maximum atomic E-state index is 12.8. The van der Waals surface area contributed by atoms with Crippen LogP contribution < -0.4 is 5.32 Å². The number of carboxylic acids is 1. The van der Waals surface area contributed by atoms with E-state index in [-0.39, 0.29) is 18.2 Å². The molecule has 1 saturated carbocycles. The number of carboxylic acid groups (broad SMARTS) is 1. The number of nitrogens with one attached hydrogen (secondary N) is 1. The molecule has 21 heavy (non-hydrogen) atoms. The molecule has 0 radical (unpaired) electrons. The molecule has 2 N–H and O–H groups in total. The van der Waals surface area contributed by atoms with Gasteiger partial charge in [-0.3, -0.25) is 9.59 Å². The number of rotatable bonds is 6. The molecule has 4 nitrogen and oxygen atoms in total. The molecule has 1 unspecified atom stereocenters. The predicted octanol–water partition coefficient (Wildman–Crippen LogP) is 3.18. The van der Waals surface area contributed by atoms with Crippen molar-refractivity contribution in [2.24, 2.45) is 5.92 Å². The van der Waals surface area contributed by atoms with Gasteiger partial charge in [0.05, 0.1) is 5.41 Å². The summed E-state index contributed by atoms with van der Waals surface area (Å²) in [6.45, 7) is 2.28. The van der Waals surface area contributed by atoms with Crippen LogP contribution in [0, 0.1) is 5.92 Å². The summed E-state index contributed by atoms with van der Waals surface area (Å²) in [5.41, 5.74) is -0.393. The van der Waals surface area contributed by atoms with Gasteiger partial charge in [0, 0.05) is 17.8 Å². The summed E-state index contributed by atoms with van der Waals surface area (Å²) >= 11 is 1.65. The van der Waals surface area contributed by atoms with Crippen molar-refractivity contribution in [1.82, 2.24) is 5.32 Å². The van der Waals surface area contributed by atoms with E-state index < -0.39 is 11.4 Å². The van der Waals surface area contributed by atoms with E-state index in [1.54, 1.807) is 11.3 Å². The van der Waals surface area contributed by atoms with Gasteiger partial charge in [0.25, 0.3) is 0 Å². The topological polar surface area (TPSA) is 66.4 Å². The number of aliphatic carboxylic acids is 1. The van der Waals surface area contributed by atoms with Crippen LogP contribution in [0.25, 0.3) is 0 Å². The highest BCUT2D eigenvalue weighted by Crippen LogP contribution is 2.41. The van der Waals surface area contributed by atoms with Crippen molar-refractivity contribution in [2.45, 2.75) is 50.9 Å². The third-order valence-corrected chi connectivity index (χ3v) is 5.34. The molecule has 0 spiro atoms. The van der Waals surface area contributed by atoms with Gasteiger partial charge in [-0.05, 0) is 30.2 Å². The van der Waals surface area contributed by atoms with Crippen LogP contribution in [0.3, 0.4) is 0 Å². The van der Waals surface area contributed by atoms with Crippen molar-refractivity contribution in [2.75, 3.05) is 6.54 Å². The second-order valence-electron chi connectivity index (χ2n) is 6.03. The number of hydrogen-bond donors (Lipinski definition) is 2. The largest absolute Gasteiger partial charge is 0.481 e. The smallest absolute Gasteiger partial charge is 0.303 e. The summed E-state index contributed by atoms with van der Waals surface area (Å²) in [6, 6.07) is 4.05. The van der Waals surface area contributed by atoms with E-state index in [2.05, 4.69) is 11.4 Å². The maximum absolute atomic E-state index is 12.8. The van der Waals surface area contributed by atoms with E-state index in [0.717, 1.165) is 30.6 Å². The standard InChI is InChI=1S/C16H23NO3S/c1-12(10-14(18)19)11-17-15(20)16(7-3-2-4-8-16)13-6-5-9-21-13/h5-6,9,12H,2-4,7-8,10-11H2,1H3,(H,17,20)(H,18,19). The molecule has 1 aliphatic carbocycles. The minimum absolute atomic E-state index is 0.0459. The first-order valence-electron chi connectivity index (χ1n) is 7.59. The number of carbonyl (C=O) groups is 2. The SMILES string of the molecule is CC(CNC(=O)C1(c2cccs2)CCCCC1)CC(=O)O. The van der Waals surface area contributed by atoms with Crippen molar-refractivity contribution in [3.63, 3.8) is 0 Å². The Labute approximate surface area is 129 Å². The zero-order valence-corrected chi connectivity index (χ0v) is 13.2. The van der Waals surface area contributed by atoms with Crippen molar-refractivity contribution in [3.8, 4) is 0 Å². The number of carbonyl (C=O) groups excluding carboxylic acids is 1. The second-order valence-corrected chi connectivity index (χ2v) is 6.98. The molecule has 0 aromatic carbocycles. The van der Waals surface area contributed by atoms with Gasteiger partial charge in [-0.15, -0.1) is 11.3 Å². The maximum Gasteiger partial charge on any atom is 0.303 e. The molecular formula is C16H23NO3S. The Kier molecular flexibility index (Phi) is 5.39. The minimum Gasteiger partial charge on any atom is -0.481 e. The zero-order valence-electron chi connectivity index (χ0n) is 12.4. The third-order valence-electron chi connectivity index (χ3n) is 4.27. The Bertz CT molecular complexity index is 478. The number of thiophene rings is 1. The number of hydrogen-bond acceptors (Lipinski definition) is 3. The molecule has 5 heteroatoms. The van der Waals surface area contributed by atoms with Gasteiger partial charge in [-0.2, -0.15) is 0 Å². The van der Waals surface area contributed by atoms with E-state index in [4.69, 9.17) is 5.11 Å². The third kappa shape index (κ3) is 3.84. The Morgan fingerprint density at radius 1 is 1.38 bits per heavy atom. The summed E-state index contributed by atoms with van der Waals surface area (Å²) in [7, 11) is 0. The average molecular weight is 309 g/mol. The predicted molar refractivity (Wildman–Crippen MR) is 83.5 cm³/mol. The fourth-order valence-electron chi connectivity index (χ4n) is 3.10. The van der Waals surface area contributed by atoms with Gasteiger partial charge in [-0.1, -0.05) is 32.3 Å². The quantitative estimate of drug-likeness (QED) is 0.848. The van der Waals surface area contributed by atoms with E-state index in [1.165, 1.54) is 6.42 Å². The molecule has 1 fully saturated rings. The Morgan fingerprint density at radius 3 is 2.67 bits per heavy atom. The first-order valence-corrected chi connectivity index (χ1v) is 8.46. The molecule has 116 valence electrons. The lowest BCUT2D eigenvalue weighted by Crippen LogP contribution is -2.46. The molecule has 1 atom stereocenters. The molecule has 0 aliphatic heterocycles. The molecule has 0 bridgehead atoms. The molecule has 0 saturated heterocycles. The lowest BCUT2D eigenvalue weighted by Gasteiger charge is -2.35. The van der Waals surface area contributed by atoms with Crippen molar-refractivity contribution in [1.29, 1.82) is 0 Å². The van der Waals surface area contributed by atoms with Crippen LogP contribution in [0.2, 0.25) is 0 Å². The van der Waals surface area contributed by atoms with Crippen LogP contribution in [-0.2, 0) is 15.0 Å². The summed E-state index contributed by atoms with van der Waals surface area (Å²) in [4.78, 5) is 24.6. The Balaban J connectivity index is 2.04. The fraction of sp³-hybridized carbons (Fsp3) is 0.625.